The standard InChI is InChI=1S/C14H24N2O4/c1-14(2,3)20-13(19)16-7-6-15(8-10-4-5-10)9-11(16)12(17)18/h10-11H,4-9H2,1-3H3,(H,17,18)/t11-/m0/s1. The predicted octanol–water partition coefficient (Wildman–Crippen LogP) is 1.40. The number of aliphatic carboxylic acids is 1. The molecule has 2 aliphatic rings. The molecule has 1 heterocycles. The van der Waals surface area contributed by atoms with Crippen molar-refractivity contribution < 1.29 is 19.4 Å². The SMILES string of the molecule is CC(C)(C)OC(=O)N1CCN(CC2CC2)C[C@H]1C(=O)O. The van der Waals surface area contributed by atoms with Crippen LogP contribution in [0.4, 0.5) is 4.79 Å². The molecule has 0 unspecified atom stereocenters. The highest BCUT2D eigenvalue weighted by Gasteiger charge is 2.38. The summed E-state index contributed by atoms with van der Waals surface area (Å²) in [6, 6.07) is -0.808. The van der Waals surface area contributed by atoms with Crippen LogP contribution in [0.25, 0.3) is 0 Å². The normalized spacial score (nSPS) is 24.6. The van der Waals surface area contributed by atoms with Crippen molar-refractivity contribution in [2.24, 2.45) is 5.92 Å². The van der Waals surface area contributed by atoms with Gasteiger partial charge in [0.15, 0.2) is 0 Å². The summed E-state index contributed by atoms with van der Waals surface area (Å²) in [7, 11) is 0. The Balaban J connectivity index is 1.97. The Labute approximate surface area is 119 Å². The van der Waals surface area contributed by atoms with Crippen molar-refractivity contribution in [1.29, 1.82) is 0 Å². The Bertz CT molecular complexity index is 387. The number of rotatable bonds is 3. The fourth-order valence-corrected chi connectivity index (χ4v) is 2.42. The number of carbonyl (C=O) groups is 2. The van der Waals surface area contributed by atoms with Gasteiger partial charge in [-0.3, -0.25) is 9.80 Å². The van der Waals surface area contributed by atoms with Gasteiger partial charge in [-0.2, -0.15) is 0 Å². The smallest absolute Gasteiger partial charge is 0.411 e. The Morgan fingerprint density at radius 3 is 2.40 bits per heavy atom. The molecule has 1 aliphatic heterocycles. The lowest BCUT2D eigenvalue weighted by Crippen LogP contribution is -2.59. The average molecular weight is 284 g/mol. The van der Waals surface area contributed by atoms with Crippen molar-refractivity contribution in [1.82, 2.24) is 9.80 Å². The first-order valence-electron chi connectivity index (χ1n) is 7.21. The number of hydrogen-bond acceptors (Lipinski definition) is 4. The van der Waals surface area contributed by atoms with Crippen molar-refractivity contribution in [3.8, 4) is 0 Å². The van der Waals surface area contributed by atoms with Gasteiger partial charge < -0.3 is 9.84 Å². The molecule has 1 amide bonds. The molecular formula is C14H24N2O4. The molecular weight excluding hydrogens is 260 g/mol. The van der Waals surface area contributed by atoms with Crippen LogP contribution in [0, 0.1) is 5.92 Å². The third-order valence-electron chi connectivity index (χ3n) is 3.59. The Hall–Kier alpha value is -1.30. The number of carboxylic acid groups (broad SMARTS) is 1. The quantitative estimate of drug-likeness (QED) is 0.848. The van der Waals surface area contributed by atoms with Crippen LogP contribution >= 0.6 is 0 Å². The monoisotopic (exact) mass is 284 g/mol. The molecule has 20 heavy (non-hydrogen) atoms. The molecule has 1 N–H and O–H groups in total. The second-order valence-electron chi connectivity index (χ2n) is 6.73. The maximum absolute atomic E-state index is 12.1. The van der Waals surface area contributed by atoms with Gasteiger partial charge in [-0.25, -0.2) is 9.59 Å². The fraction of sp³-hybridized carbons (Fsp3) is 0.857. The number of amides is 1. The molecule has 0 radical (unpaired) electrons. The summed E-state index contributed by atoms with van der Waals surface area (Å²) < 4.78 is 5.29. The van der Waals surface area contributed by atoms with Gasteiger partial charge in [0.1, 0.15) is 11.6 Å². The van der Waals surface area contributed by atoms with Gasteiger partial charge in [0, 0.05) is 26.2 Å². The molecule has 6 heteroatoms. The highest BCUT2D eigenvalue weighted by atomic mass is 16.6. The van der Waals surface area contributed by atoms with Crippen molar-refractivity contribution in [3.05, 3.63) is 0 Å². The van der Waals surface area contributed by atoms with E-state index in [4.69, 9.17) is 4.74 Å². The Morgan fingerprint density at radius 2 is 1.90 bits per heavy atom. The van der Waals surface area contributed by atoms with Crippen LogP contribution in [0.1, 0.15) is 33.6 Å². The molecule has 0 bridgehead atoms. The number of hydrogen-bond donors (Lipinski definition) is 1. The van der Waals surface area contributed by atoms with Gasteiger partial charge in [-0.05, 0) is 39.5 Å². The van der Waals surface area contributed by atoms with E-state index in [2.05, 4.69) is 4.90 Å². The molecule has 1 saturated heterocycles. The second-order valence-corrected chi connectivity index (χ2v) is 6.73. The second kappa shape index (κ2) is 5.60. The highest BCUT2D eigenvalue weighted by Crippen LogP contribution is 2.30. The summed E-state index contributed by atoms with van der Waals surface area (Å²) in [5.74, 6) is -0.242. The summed E-state index contributed by atoms with van der Waals surface area (Å²) >= 11 is 0. The van der Waals surface area contributed by atoms with E-state index in [1.807, 2.05) is 0 Å². The molecule has 1 saturated carbocycles. The molecule has 1 aliphatic carbocycles. The van der Waals surface area contributed by atoms with Crippen LogP contribution in [0.2, 0.25) is 0 Å². The highest BCUT2D eigenvalue weighted by molar-refractivity contribution is 5.80. The Kier molecular flexibility index (Phi) is 4.22. The summed E-state index contributed by atoms with van der Waals surface area (Å²) in [6.45, 7) is 7.83. The van der Waals surface area contributed by atoms with Gasteiger partial charge in [0.05, 0.1) is 0 Å². The van der Waals surface area contributed by atoms with Crippen LogP contribution in [0.15, 0.2) is 0 Å². The lowest BCUT2D eigenvalue weighted by Gasteiger charge is -2.39. The summed E-state index contributed by atoms with van der Waals surface area (Å²) in [5.41, 5.74) is -0.606. The van der Waals surface area contributed by atoms with Crippen molar-refractivity contribution >= 4 is 12.1 Å². The fourth-order valence-electron chi connectivity index (χ4n) is 2.42. The van der Waals surface area contributed by atoms with Crippen LogP contribution in [-0.4, -0.2) is 64.8 Å². The van der Waals surface area contributed by atoms with Crippen LogP contribution < -0.4 is 0 Å². The number of carbonyl (C=O) groups excluding carboxylic acids is 1. The molecule has 0 aromatic rings. The maximum atomic E-state index is 12.1. The molecule has 1 atom stereocenters. The number of nitrogens with zero attached hydrogens (tertiary/aromatic N) is 2. The third-order valence-corrected chi connectivity index (χ3v) is 3.59. The zero-order valence-corrected chi connectivity index (χ0v) is 12.5. The van der Waals surface area contributed by atoms with E-state index in [0.29, 0.717) is 13.1 Å². The summed E-state index contributed by atoms with van der Waals surface area (Å²) in [5, 5.41) is 9.35. The lowest BCUT2D eigenvalue weighted by molar-refractivity contribution is -0.145. The van der Waals surface area contributed by atoms with E-state index in [1.165, 1.54) is 17.7 Å². The molecule has 114 valence electrons. The molecule has 0 spiro atoms. The van der Waals surface area contributed by atoms with Crippen LogP contribution in [0.3, 0.4) is 0 Å². The number of ether oxygens (including phenoxy) is 1. The van der Waals surface area contributed by atoms with E-state index >= 15 is 0 Å². The average Bonchev–Trinajstić information content (AvgIpc) is 3.10. The van der Waals surface area contributed by atoms with E-state index in [1.54, 1.807) is 20.8 Å². The summed E-state index contributed by atoms with van der Waals surface area (Å²) in [6.07, 6.45) is 1.95. The minimum atomic E-state index is -0.962. The molecule has 2 rings (SSSR count). The Morgan fingerprint density at radius 1 is 1.25 bits per heavy atom. The number of piperazine rings is 1. The van der Waals surface area contributed by atoms with Crippen molar-refractivity contribution in [2.75, 3.05) is 26.2 Å². The zero-order chi connectivity index (χ0) is 14.9. The summed E-state index contributed by atoms with van der Waals surface area (Å²) in [4.78, 5) is 27.0. The van der Waals surface area contributed by atoms with Gasteiger partial charge in [0.2, 0.25) is 0 Å². The van der Waals surface area contributed by atoms with Gasteiger partial charge in [-0.15, -0.1) is 0 Å². The minimum Gasteiger partial charge on any atom is -0.480 e. The van der Waals surface area contributed by atoms with Gasteiger partial charge in [0.25, 0.3) is 0 Å². The van der Waals surface area contributed by atoms with Gasteiger partial charge >= 0.3 is 12.1 Å². The molecule has 2 fully saturated rings. The molecule has 6 nitrogen and oxygen atoms in total. The van der Waals surface area contributed by atoms with Crippen molar-refractivity contribution in [3.63, 3.8) is 0 Å². The van der Waals surface area contributed by atoms with Crippen LogP contribution in [-0.2, 0) is 9.53 Å². The van der Waals surface area contributed by atoms with Crippen LogP contribution in [0.5, 0.6) is 0 Å². The zero-order valence-electron chi connectivity index (χ0n) is 12.5. The molecule has 0 aromatic heterocycles. The minimum absolute atomic E-state index is 0.394. The van der Waals surface area contributed by atoms with E-state index in [-0.39, 0.29) is 0 Å². The topological polar surface area (TPSA) is 70.1 Å². The van der Waals surface area contributed by atoms with E-state index < -0.39 is 23.7 Å². The van der Waals surface area contributed by atoms with E-state index in [0.717, 1.165) is 19.0 Å². The third kappa shape index (κ3) is 4.10. The van der Waals surface area contributed by atoms with Gasteiger partial charge in [-0.1, -0.05) is 0 Å². The first kappa shape index (κ1) is 15.1. The largest absolute Gasteiger partial charge is 0.480 e. The van der Waals surface area contributed by atoms with E-state index in [9.17, 15) is 14.7 Å². The predicted molar refractivity (Wildman–Crippen MR) is 73.5 cm³/mol. The molecule has 0 aromatic carbocycles. The maximum Gasteiger partial charge on any atom is 0.411 e. The van der Waals surface area contributed by atoms with Crippen molar-refractivity contribution in [2.45, 2.75) is 45.3 Å². The first-order valence-corrected chi connectivity index (χ1v) is 7.21. The first-order chi connectivity index (χ1) is 9.26. The lowest BCUT2D eigenvalue weighted by atomic mass is 10.1. The number of carboxylic acids is 1.